The number of carbonyl (C=O) groups is 2. The molecule has 3 rings (SSSR count). The molecule has 0 radical (unpaired) electrons. The second kappa shape index (κ2) is 6.19. The van der Waals surface area contributed by atoms with Gasteiger partial charge in [0.2, 0.25) is 5.91 Å². The summed E-state index contributed by atoms with van der Waals surface area (Å²) in [6.45, 7) is -0.441. The van der Waals surface area contributed by atoms with Gasteiger partial charge in [0.25, 0.3) is 11.7 Å². The zero-order valence-electron chi connectivity index (χ0n) is 12.4. The van der Waals surface area contributed by atoms with E-state index in [0.717, 1.165) is 30.6 Å². The highest BCUT2D eigenvalue weighted by molar-refractivity contribution is 6.01. The standard InChI is InChI=1S/C14H16N4O5/c19-12(15-9-3-1-2-4-9)7-17-13(20)8-23-10-5-6-11(18(21)22)16-14(10)17/h5-6,9H,1-4,7-8H2,(H,15,19). The van der Waals surface area contributed by atoms with Crippen LogP contribution in [0.25, 0.3) is 0 Å². The first kappa shape index (κ1) is 15.2. The van der Waals surface area contributed by atoms with E-state index in [0.29, 0.717) is 0 Å². The molecule has 0 unspecified atom stereocenters. The highest BCUT2D eigenvalue weighted by Gasteiger charge is 2.34. The average molecular weight is 320 g/mol. The number of hydrogen-bond donors (Lipinski definition) is 1. The molecule has 1 aromatic heterocycles. The van der Waals surface area contributed by atoms with Crippen molar-refractivity contribution >= 4 is 23.5 Å². The first-order valence-corrected chi connectivity index (χ1v) is 7.42. The first-order valence-electron chi connectivity index (χ1n) is 7.42. The van der Waals surface area contributed by atoms with Crippen molar-refractivity contribution in [1.82, 2.24) is 10.3 Å². The molecule has 122 valence electrons. The van der Waals surface area contributed by atoms with E-state index in [4.69, 9.17) is 4.74 Å². The quantitative estimate of drug-likeness (QED) is 0.647. The first-order chi connectivity index (χ1) is 11.0. The van der Waals surface area contributed by atoms with E-state index in [1.807, 2.05) is 0 Å². The number of fused-ring (bicyclic) bond motifs is 1. The summed E-state index contributed by atoms with van der Waals surface area (Å²) in [7, 11) is 0. The highest BCUT2D eigenvalue weighted by atomic mass is 16.6. The minimum absolute atomic E-state index is 0.0111. The van der Waals surface area contributed by atoms with Gasteiger partial charge >= 0.3 is 5.82 Å². The van der Waals surface area contributed by atoms with Crippen molar-refractivity contribution in [2.45, 2.75) is 31.7 Å². The summed E-state index contributed by atoms with van der Waals surface area (Å²) in [5.41, 5.74) is 0. The van der Waals surface area contributed by atoms with Crippen LogP contribution in [0.4, 0.5) is 11.6 Å². The summed E-state index contributed by atoms with van der Waals surface area (Å²) in [4.78, 5) is 39.3. The molecule has 0 aromatic carbocycles. The van der Waals surface area contributed by atoms with Gasteiger partial charge in [-0.25, -0.2) is 0 Å². The second-order valence-electron chi connectivity index (χ2n) is 5.57. The normalized spacial score (nSPS) is 17.6. The van der Waals surface area contributed by atoms with E-state index in [1.165, 1.54) is 12.1 Å². The molecular weight excluding hydrogens is 304 g/mol. The fourth-order valence-electron chi connectivity index (χ4n) is 2.82. The second-order valence-corrected chi connectivity index (χ2v) is 5.57. The molecule has 9 heteroatoms. The Morgan fingerprint density at radius 3 is 2.87 bits per heavy atom. The third-order valence-electron chi connectivity index (χ3n) is 3.94. The molecular formula is C14H16N4O5. The van der Waals surface area contributed by atoms with Crippen LogP contribution < -0.4 is 15.0 Å². The van der Waals surface area contributed by atoms with Gasteiger partial charge in [-0.1, -0.05) is 12.8 Å². The molecule has 2 amide bonds. The molecule has 0 saturated heterocycles. The maximum Gasteiger partial charge on any atom is 0.366 e. The molecule has 2 heterocycles. The van der Waals surface area contributed by atoms with Crippen LogP contribution >= 0.6 is 0 Å². The molecule has 0 spiro atoms. The lowest BCUT2D eigenvalue weighted by Gasteiger charge is -2.25. The van der Waals surface area contributed by atoms with Crippen molar-refractivity contribution < 1.29 is 19.2 Å². The number of hydrogen-bond acceptors (Lipinski definition) is 6. The Kier molecular flexibility index (Phi) is 4.09. The number of pyridine rings is 1. The SMILES string of the molecule is O=C(CN1C(=O)COc2ccc([N+](=O)[O-])nc21)NC1CCCC1. The fraction of sp³-hybridized carbons (Fsp3) is 0.500. The van der Waals surface area contributed by atoms with Crippen LogP contribution in [0.15, 0.2) is 12.1 Å². The Labute approximate surface area is 131 Å². The van der Waals surface area contributed by atoms with Crippen molar-refractivity contribution in [2.75, 3.05) is 18.1 Å². The lowest BCUT2D eigenvalue weighted by molar-refractivity contribution is -0.389. The number of amides is 2. The number of ether oxygens (including phenoxy) is 1. The third kappa shape index (κ3) is 3.22. The van der Waals surface area contributed by atoms with Crippen LogP contribution in [0.5, 0.6) is 5.75 Å². The molecule has 0 atom stereocenters. The zero-order chi connectivity index (χ0) is 16.4. The highest BCUT2D eigenvalue weighted by Crippen LogP contribution is 2.31. The van der Waals surface area contributed by atoms with E-state index < -0.39 is 16.6 Å². The molecule has 1 aliphatic heterocycles. The van der Waals surface area contributed by atoms with Crippen molar-refractivity contribution in [3.8, 4) is 5.75 Å². The van der Waals surface area contributed by atoms with E-state index in [1.54, 1.807) is 0 Å². The summed E-state index contributed by atoms with van der Waals surface area (Å²) in [5, 5.41) is 13.7. The van der Waals surface area contributed by atoms with Gasteiger partial charge in [0, 0.05) is 12.1 Å². The number of nitrogens with zero attached hydrogens (tertiary/aromatic N) is 3. The van der Waals surface area contributed by atoms with Gasteiger partial charge < -0.3 is 20.2 Å². The van der Waals surface area contributed by atoms with Crippen LogP contribution in [0.2, 0.25) is 0 Å². The van der Waals surface area contributed by atoms with Crippen molar-refractivity contribution in [3.05, 3.63) is 22.2 Å². The summed E-state index contributed by atoms with van der Waals surface area (Å²) >= 11 is 0. The van der Waals surface area contributed by atoms with Crippen LogP contribution in [0.1, 0.15) is 25.7 Å². The van der Waals surface area contributed by atoms with Crippen LogP contribution in [0, 0.1) is 10.1 Å². The van der Waals surface area contributed by atoms with E-state index >= 15 is 0 Å². The predicted molar refractivity (Wildman–Crippen MR) is 79.1 cm³/mol. The molecule has 1 N–H and O–H groups in total. The Balaban J connectivity index is 1.78. The smallest absolute Gasteiger partial charge is 0.366 e. The van der Waals surface area contributed by atoms with Gasteiger partial charge in [-0.05, 0) is 28.8 Å². The largest absolute Gasteiger partial charge is 0.477 e. The Hall–Kier alpha value is -2.71. The summed E-state index contributed by atoms with van der Waals surface area (Å²) < 4.78 is 5.21. The minimum Gasteiger partial charge on any atom is -0.477 e. The predicted octanol–water partition coefficient (Wildman–Crippen LogP) is 0.774. The average Bonchev–Trinajstić information content (AvgIpc) is 3.02. The topological polar surface area (TPSA) is 115 Å². The summed E-state index contributed by atoms with van der Waals surface area (Å²) in [5.74, 6) is -0.886. The van der Waals surface area contributed by atoms with E-state index in [2.05, 4.69) is 10.3 Å². The Morgan fingerprint density at radius 2 is 2.17 bits per heavy atom. The molecule has 23 heavy (non-hydrogen) atoms. The van der Waals surface area contributed by atoms with Gasteiger partial charge in [-0.3, -0.25) is 14.5 Å². The number of aromatic nitrogens is 1. The maximum absolute atomic E-state index is 12.1. The van der Waals surface area contributed by atoms with Crippen molar-refractivity contribution in [1.29, 1.82) is 0 Å². The van der Waals surface area contributed by atoms with Crippen LogP contribution in [-0.2, 0) is 9.59 Å². The van der Waals surface area contributed by atoms with E-state index in [9.17, 15) is 19.7 Å². The molecule has 1 fully saturated rings. The minimum atomic E-state index is -0.657. The van der Waals surface area contributed by atoms with Gasteiger partial charge in [-0.15, -0.1) is 0 Å². The third-order valence-corrected chi connectivity index (χ3v) is 3.94. The molecule has 2 aliphatic rings. The molecule has 1 aliphatic carbocycles. The monoisotopic (exact) mass is 320 g/mol. The van der Waals surface area contributed by atoms with Crippen molar-refractivity contribution in [2.24, 2.45) is 0 Å². The van der Waals surface area contributed by atoms with Gasteiger partial charge in [-0.2, -0.15) is 0 Å². The van der Waals surface area contributed by atoms with Crippen LogP contribution in [0.3, 0.4) is 0 Å². The molecule has 9 nitrogen and oxygen atoms in total. The maximum atomic E-state index is 12.1. The molecule has 1 aromatic rings. The van der Waals surface area contributed by atoms with E-state index in [-0.39, 0.29) is 36.7 Å². The summed E-state index contributed by atoms with van der Waals surface area (Å²) in [6, 6.07) is 2.72. The zero-order valence-corrected chi connectivity index (χ0v) is 12.4. The van der Waals surface area contributed by atoms with Crippen LogP contribution in [-0.4, -0.2) is 40.9 Å². The lowest BCUT2D eigenvalue weighted by Crippen LogP contribution is -2.47. The van der Waals surface area contributed by atoms with Gasteiger partial charge in [0.05, 0.1) is 0 Å². The Bertz CT molecular complexity index is 657. The number of anilines is 1. The molecule has 0 bridgehead atoms. The lowest BCUT2D eigenvalue weighted by atomic mass is 10.2. The van der Waals surface area contributed by atoms with Gasteiger partial charge in [0.1, 0.15) is 6.54 Å². The number of nitro groups is 1. The molecule has 1 saturated carbocycles. The number of rotatable bonds is 4. The number of carbonyl (C=O) groups excluding carboxylic acids is 2. The number of nitrogens with one attached hydrogen (secondary N) is 1. The van der Waals surface area contributed by atoms with Gasteiger partial charge in [0.15, 0.2) is 12.4 Å². The fourth-order valence-corrected chi connectivity index (χ4v) is 2.82. The summed E-state index contributed by atoms with van der Waals surface area (Å²) in [6.07, 6.45) is 4.03. The Morgan fingerprint density at radius 1 is 1.43 bits per heavy atom. The van der Waals surface area contributed by atoms with Crippen molar-refractivity contribution in [3.63, 3.8) is 0 Å².